The summed E-state index contributed by atoms with van der Waals surface area (Å²) in [6.45, 7) is 1.37. The first kappa shape index (κ1) is 24.2. The minimum absolute atomic E-state index is 0.0835. The van der Waals surface area contributed by atoms with Crippen molar-refractivity contribution >= 4 is 33.4 Å². The third-order valence-electron chi connectivity index (χ3n) is 5.08. The molecule has 1 atom stereocenters. The number of pyridine rings is 1. The van der Waals surface area contributed by atoms with Crippen LogP contribution in [0, 0.1) is 0 Å². The second-order valence-electron chi connectivity index (χ2n) is 7.44. The SMILES string of the molecule is CC1C(=O)N(c2ccc(S(=O)(=O)C(F)(F)F)cc2)C(=O)N1Cc1ccncc1C(=O)N(C)C. The van der Waals surface area contributed by atoms with Crippen LogP contribution in [-0.2, 0) is 21.2 Å². The molecule has 0 bridgehead atoms. The summed E-state index contributed by atoms with van der Waals surface area (Å²) in [4.78, 5) is 44.4. The standard InChI is InChI=1S/C20H19F3N4O5S/c1-12-17(28)27(14-4-6-15(7-5-14)33(31,32)20(21,22)23)19(30)26(12)11-13-8-9-24-10-16(13)18(29)25(2)3/h4-10,12H,11H2,1-3H3. The van der Waals surface area contributed by atoms with Gasteiger partial charge in [0.15, 0.2) is 0 Å². The predicted molar refractivity (Wildman–Crippen MR) is 110 cm³/mol. The fourth-order valence-electron chi connectivity index (χ4n) is 3.24. The summed E-state index contributed by atoms with van der Waals surface area (Å²) in [5, 5.41) is 0. The van der Waals surface area contributed by atoms with Gasteiger partial charge in [0.2, 0.25) is 0 Å². The first-order chi connectivity index (χ1) is 15.3. The Balaban J connectivity index is 1.90. The Hall–Kier alpha value is -3.48. The largest absolute Gasteiger partial charge is 0.501 e. The lowest BCUT2D eigenvalue weighted by atomic mass is 10.1. The third kappa shape index (κ3) is 4.27. The summed E-state index contributed by atoms with van der Waals surface area (Å²) < 4.78 is 61.3. The Morgan fingerprint density at radius 2 is 1.73 bits per heavy atom. The van der Waals surface area contributed by atoms with Crippen molar-refractivity contribution in [1.29, 1.82) is 0 Å². The lowest BCUT2D eigenvalue weighted by Gasteiger charge is -2.21. The Labute approximate surface area is 187 Å². The van der Waals surface area contributed by atoms with Crippen LogP contribution in [0.2, 0.25) is 0 Å². The van der Waals surface area contributed by atoms with Gasteiger partial charge in [0.1, 0.15) is 6.04 Å². The van der Waals surface area contributed by atoms with Crippen LogP contribution < -0.4 is 4.90 Å². The van der Waals surface area contributed by atoms with Crippen LogP contribution in [0.5, 0.6) is 0 Å². The van der Waals surface area contributed by atoms with E-state index >= 15 is 0 Å². The highest BCUT2D eigenvalue weighted by Crippen LogP contribution is 2.33. The first-order valence-electron chi connectivity index (χ1n) is 9.48. The Morgan fingerprint density at radius 3 is 2.27 bits per heavy atom. The Kier molecular flexibility index (Phi) is 6.20. The number of alkyl halides is 3. The minimum atomic E-state index is -5.57. The minimum Gasteiger partial charge on any atom is -0.345 e. The van der Waals surface area contributed by atoms with Gasteiger partial charge in [0.05, 0.1) is 16.1 Å². The molecular formula is C20H19F3N4O5S. The van der Waals surface area contributed by atoms with Crippen molar-refractivity contribution in [3.63, 3.8) is 0 Å². The molecule has 3 rings (SSSR count). The second-order valence-corrected chi connectivity index (χ2v) is 9.38. The third-order valence-corrected chi connectivity index (χ3v) is 6.58. The zero-order valence-corrected chi connectivity index (χ0v) is 18.5. The number of hydrogen-bond donors (Lipinski definition) is 0. The summed E-state index contributed by atoms with van der Waals surface area (Å²) in [5.74, 6) is -0.997. The van der Waals surface area contributed by atoms with Gasteiger partial charge in [-0.2, -0.15) is 13.2 Å². The highest BCUT2D eigenvalue weighted by Gasteiger charge is 2.47. The number of aromatic nitrogens is 1. The molecule has 0 aliphatic carbocycles. The zero-order chi connectivity index (χ0) is 24.7. The van der Waals surface area contributed by atoms with E-state index in [-0.39, 0.29) is 23.7 Å². The molecule has 1 aliphatic heterocycles. The van der Waals surface area contributed by atoms with Crippen LogP contribution in [-0.4, -0.2) is 66.7 Å². The molecule has 0 radical (unpaired) electrons. The summed E-state index contributed by atoms with van der Waals surface area (Å²) in [7, 11) is -2.46. The number of imide groups is 1. The van der Waals surface area contributed by atoms with Crippen LogP contribution in [0.15, 0.2) is 47.6 Å². The van der Waals surface area contributed by atoms with E-state index in [1.165, 1.54) is 29.1 Å². The number of hydrogen-bond acceptors (Lipinski definition) is 6. The monoisotopic (exact) mass is 484 g/mol. The highest BCUT2D eigenvalue weighted by molar-refractivity contribution is 7.92. The normalized spacial score (nSPS) is 17.0. The van der Waals surface area contributed by atoms with Crippen molar-refractivity contribution in [2.24, 2.45) is 0 Å². The van der Waals surface area contributed by atoms with E-state index in [9.17, 15) is 36.0 Å². The van der Waals surface area contributed by atoms with Crippen molar-refractivity contribution in [3.05, 3.63) is 53.9 Å². The number of halogens is 3. The smallest absolute Gasteiger partial charge is 0.345 e. The van der Waals surface area contributed by atoms with Crippen LogP contribution in [0.3, 0.4) is 0 Å². The molecule has 2 aromatic rings. The van der Waals surface area contributed by atoms with E-state index in [2.05, 4.69) is 4.98 Å². The predicted octanol–water partition coefficient (Wildman–Crippen LogP) is 2.43. The number of urea groups is 1. The number of carbonyl (C=O) groups excluding carboxylic acids is 3. The van der Waals surface area contributed by atoms with Gasteiger partial charge in [0.25, 0.3) is 21.7 Å². The van der Waals surface area contributed by atoms with Crippen molar-refractivity contribution in [2.45, 2.75) is 29.9 Å². The molecule has 2 heterocycles. The molecule has 1 unspecified atom stereocenters. The number of benzene rings is 1. The topological polar surface area (TPSA) is 108 Å². The van der Waals surface area contributed by atoms with E-state index in [1.54, 1.807) is 20.2 Å². The maximum atomic E-state index is 13.0. The van der Waals surface area contributed by atoms with Gasteiger partial charge in [-0.25, -0.2) is 18.1 Å². The maximum Gasteiger partial charge on any atom is 0.501 e. The molecule has 4 amide bonds. The van der Waals surface area contributed by atoms with Crippen LogP contribution in [0.1, 0.15) is 22.8 Å². The Bertz CT molecular complexity index is 1210. The maximum absolute atomic E-state index is 13.0. The summed E-state index contributed by atoms with van der Waals surface area (Å²) in [5.41, 5.74) is -4.87. The Morgan fingerprint density at radius 1 is 1.12 bits per heavy atom. The quantitative estimate of drug-likeness (QED) is 0.604. The average Bonchev–Trinajstić information content (AvgIpc) is 2.96. The zero-order valence-electron chi connectivity index (χ0n) is 17.7. The fraction of sp³-hybridized carbons (Fsp3) is 0.300. The first-order valence-corrected chi connectivity index (χ1v) is 11.0. The van der Waals surface area contributed by atoms with Crippen molar-refractivity contribution in [1.82, 2.24) is 14.8 Å². The van der Waals surface area contributed by atoms with E-state index < -0.39 is 38.2 Å². The van der Waals surface area contributed by atoms with Crippen molar-refractivity contribution in [3.8, 4) is 0 Å². The molecule has 1 aromatic heterocycles. The molecule has 9 nitrogen and oxygen atoms in total. The van der Waals surface area contributed by atoms with E-state index in [0.717, 1.165) is 17.0 Å². The molecule has 0 N–H and O–H groups in total. The van der Waals surface area contributed by atoms with Crippen LogP contribution in [0.4, 0.5) is 23.7 Å². The summed E-state index contributed by atoms with van der Waals surface area (Å²) >= 11 is 0. The molecule has 13 heteroatoms. The van der Waals surface area contributed by atoms with Gasteiger partial charge in [-0.15, -0.1) is 0 Å². The number of rotatable bonds is 5. The van der Waals surface area contributed by atoms with Gasteiger partial charge in [-0.1, -0.05) is 0 Å². The van der Waals surface area contributed by atoms with Gasteiger partial charge in [0, 0.05) is 33.0 Å². The molecule has 33 heavy (non-hydrogen) atoms. The fourth-order valence-corrected chi connectivity index (χ4v) is 4.00. The van der Waals surface area contributed by atoms with Crippen molar-refractivity contribution < 1.29 is 36.0 Å². The number of anilines is 1. The summed E-state index contributed by atoms with van der Waals surface area (Å²) in [6.07, 6.45) is 2.79. The van der Waals surface area contributed by atoms with E-state index in [1.807, 2.05) is 0 Å². The number of amides is 4. The second kappa shape index (κ2) is 8.46. The number of nitrogens with zero attached hydrogens (tertiary/aromatic N) is 4. The molecule has 176 valence electrons. The number of carbonyl (C=O) groups is 3. The lowest BCUT2D eigenvalue weighted by molar-refractivity contribution is -0.119. The van der Waals surface area contributed by atoms with Gasteiger partial charge in [-0.05, 0) is 42.8 Å². The van der Waals surface area contributed by atoms with Gasteiger partial charge in [-0.3, -0.25) is 14.6 Å². The van der Waals surface area contributed by atoms with E-state index in [4.69, 9.17) is 0 Å². The molecule has 1 saturated heterocycles. The van der Waals surface area contributed by atoms with Crippen LogP contribution >= 0.6 is 0 Å². The molecule has 1 aliphatic rings. The molecule has 0 spiro atoms. The molecule has 1 fully saturated rings. The molecular weight excluding hydrogens is 465 g/mol. The van der Waals surface area contributed by atoms with Gasteiger partial charge >= 0.3 is 11.5 Å². The van der Waals surface area contributed by atoms with E-state index in [0.29, 0.717) is 17.7 Å². The van der Waals surface area contributed by atoms with Crippen molar-refractivity contribution in [2.75, 3.05) is 19.0 Å². The summed E-state index contributed by atoms with van der Waals surface area (Å²) in [6, 6.07) is 3.12. The number of sulfone groups is 1. The molecule has 1 aromatic carbocycles. The molecule has 0 saturated carbocycles. The van der Waals surface area contributed by atoms with Gasteiger partial charge < -0.3 is 9.80 Å². The average molecular weight is 484 g/mol. The highest BCUT2D eigenvalue weighted by atomic mass is 32.2. The lowest BCUT2D eigenvalue weighted by Crippen LogP contribution is -2.34. The van der Waals surface area contributed by atoms with Crippen LogP contribution in [0.25, 0.3) is 0 Å².